The molecule has 2 heterocycles. The van der Waals surface area contributed by atoms with Gasteiger partial charge < -0.3 is 23.7 Å². The van der Waals surface area contributed by atoms with Crippen molar-refractivity contribution in [1.82, 2.24) is 0 Å². The second kappa shape index (κ2) is 14.1. The summed E-state index contributed by atoms with van der Waals surface area (Å²) in [6, 6.07) is 6.10. The Labute approximate surface area is 254 Å². The van der Waals surface area contributed by atoms with Gasteiger partial charge in [0.1, 0.15) is 29.1 Å². The molecule has 0 aliphatic carbocycles. The fourth-order valence-corrected chi connectivity index (χ4v) is 5.23. The summed E-state index contributed by atoms with van der Waals surface area (Å²) in [7, 11) is 0. The van der Waals surface area contributed by atoms with Crippen LogP contribution in [0.4, 0.5) is 35.1 Å². The van der Waals surface area contributed by atoms with E-state index in [1.54, 1.807) is 0 Å². The first-order valence-electron chi connectivity index (χ1n) is 14.4. The number of benzene rings is 3. The Morgan fingerprint density at radius 2 is 1.24 bits per heavy atom. The molecule has 244 valence electrons. The maximum absolute atomic E-state index is 15.0. The number of rotatable bonds is 10. The van der Waals surface area contributed by atoms with Gasteiger partial charge in [-0.15, -0.1) is 0 Å². The zero-order valence-electron chi connectivity index (χ0n) is 24.1. The van der Waals surface area contributed by atoms with E-state index in [9.17, 15) is 35.1 Å². The molecule has 3 aromatic carbocycles. The van der Waals surface area contributed by atoms with E-state index in [4.69, 9.17) is 18.9 Å². The molecule has 5 rings (SSSR count). The van der Waals surface area contributed by atoms with Crippen molar-refractivity contribution in [2.75, 3.05) is 26.4 Å². The fourth-order valence-electron chi connectivity index (χ4n) is 5.23. The molecule has 2 saturated heterocycles. The van der Waals surface area contributed by atoms with Gasteiger partial charge in [-0.3, -0.25) is 0 Å². The SMILES string of the molecule is CCCCCC1COC(c2cc(F)c(C(F)(F)OC3COC(c4ccc(-c5cc(F)c(F)c(F)c5)c(F)c4)OC3)c(F)c2)OC1. The highest BCUT2D eigenvalue weighted by molar-refractivity contribution is 5.64. The largest absolute Gasteiger partial charge is 0.389 e. The van der Waals surface area contributed by atoms with E-state index in [-0.39, 0.29) is 28.2 Å². The quantitative estimate of drug-likeness (QED) is 0.125. The molecule has 0 bridgehead atoms. The van der Waals surface area contributed by atoms with E-state index in [0.717, 1.165) is 37.8 Å². The molecule has 2 aliphatic rings. The van der Waals surface area contributed by atoms with Crippen molar-refractivity contribution in [3.8, 4) is 11.1 Å². The van der Waals surface area contributed by atoms with Crippen LogP contribution in [0, 0.1) is 40.8 Å². The van der Waals surface area contributed by atoms with Crippen LogP contribution in [-0.4, -0.2) is 32.5 Å². The molecular weight excluding hydrogens is 616 g/mol. The van der Waals surface area contributed by atoms with Crippen LogP contribution in [0.2, 0.25) is 0 Å². The van der Waals surface area contributed by atoms with Gasteiger partial charge in [0.05, 0.1) is 26.4 Å². The number of ether oxygens (including phenoxy) is 5. The molecule has 0 N–H and O–H groups in total. The summed E-state index contributed by atoms with van der Waals surface area (Å²) in [6.45, 7) is 1.68. The topological polar surface area (TPSA) is 46.2 Å². The van der Waals surface area contributed by atoms with Crippen LogP contribution in [0.1, 0.15) is 61.9 Å². The first kappa shape index (κ1) is 33.3. The van der Waals surface area contributed by atoms with Crippen molar-refractivity contribution in [3.05, 3.63) is 94.1 Å². The van der Waals surface area contributed by atoms with Gasteiger partial charge in [0, 0.05) is 22.6 Å². The average Bonchev–Trinajstić information content (AvgIpc) is 2.99. The molecule has 5 nitrogen and oxygen atoms in total. The number of alkyl halides is 2. The molecule has 2 fully saturated rings. The van der Waals surface area contributed by atoms with Crippen molar-refractivity contribution in [3.63, 3.8) is 0 Å². The molecule has 13 heteroatoms. The third-order valence-corrected chi connectivity index (χ3v) is 7.55. The predicted octanol–water partition coefficient (Wildman–Crippen LogP) is 8.61. The Kier molecular flexibility index (Phi) is 10.4. The van der Waals surface area contributed by atoms with Gasteiger partial charge in [-0.1, -0.05) is 38.3 Å². The number of hydrogen-bond acceptors (Lipinski definition) is 5. The van der Waals surface area contributed by atoms with Gasteiger partial charge in [-0.05, 0) is 42.3 Å². The summed E-state index contributed by atoms with van der Waals surface area (Å²) in [5, 5.41) is 0. The van der Waals surface area contributed by atoms with E-state index in [2.05, 4.69) is 11.7 Å². The van der Waals surface area contributed by atoms with E-state index >= 15 is 0 Å². The van der Waals surface area contributed by atoms with Crippen LogP contribution >= 0.6 is 0 Å². The molecule has 0 atom stereocenters. The monoisotopic (exact) mass is 646 g/mol. The lowest BCUT2D eigenvalue weighted by Gasteiger charge is -2.32. The normalized spacial score (nSPS) is 22.5. The van der Waals surface area contributed by atoms with Gasteiger partial charge in [-0.2, -0.15) is 8.78 Å². The first-order chi connectivity index (χ1) is 21.5. The Morgan fingerprint density at radius 1 is 0.689 bits per heavy atom. The summed E-state index contributed by atoms with van der Waals surface area (Å²) >= 11 is 0. The van der Waals surface area contributed by atoms with Gasteiger partial charge in [0.15, 0.2) is 30.0 Å². The summed E-state index contributed by atoms with van der Waals surface area (Å²) in [6.07, 6.45) is -4.21. The van der Waals surface area contributed by atoms with E-state index in [1.165, 1.54) is 6.07 Å². The van der Waals surface area contributed by atoms with Crippen molar-refractivity contribution in [2.45, 2.75) is 57.4 Å². The minimum absolute atomic E-state index is 0.0864. The minimum atomic E-state index is -4.41. The lowest BCUT2D eigenvalue weighted by atomic mass is 10.0. The highest BCUT2D eigenvalue weighted by Crippen LogP contribution is 2.39. The van der Waals surface area contributed by atoms with Crippen molar-refractivity contribution in [1.29, 1.82) is 0 Å². The van der Waals surface area contributed by atoms with Crippen molar-refractivity contribution in [2.24, 2.45) is 5.92 Å². The van der Waals surface area contributed by atoms with Crippen LogP contribution in [0.25, 0.3) is 11.1 Å². The third kappa shape index (κ3) is 7.66. The molecule has 3 aromatic rings. The zero-order valence-corrected chi connectivity index (χ0v) is 24.1. The second-order valence-corrected chi connectivity index (χ2v) is 11.0. The highest BCUT2D eigenvalue weighted by atomic mass is 19.3. The second-order valence-electron chi connectivity index (χ2n) is 11.0. The summed E-state index contributed by atoms with van der Waals surface area (Å²) < 4.78 is 142. The maximum Gasteiger partial charge on any atom is 0.389 e. The number of unbranched alkanes of at least 4 members (excludes halogenated alkanes) is 2. The Bertz CT molecular complexity index is 1440. The zero-order chi connectivity index (χ0) is 32.3. The molecule has 0 unspecified atom stereocenters. The first-order valence-corrected chi connectivity index (χ1v) is 14.4. The molecule has 0 radical (unpaired) electrons. The van der Waals surface area contributed by atoms with Crippen LogP contribution in [-0.2, 0) is 29.8 Å². The van der Waals surface area contributed by atoms with Crippen LogP contribution in [0.5, 0.6) is 0 Å². The lowest BCUT2D eigenvalue weighted by Crippen LogP contribution is -2.38. The highest BCUT2D eigenvalue weighted by Gasteiger charge is 2.43. The molecule has 0 saturated carbocycles. The smallest absolute Gasteiger partial charge is 0.348 e. The lowest BCUT2D eigenvalue weighted by molar-refractivity contribution is -0.322. The Hall–Kier alpha value is -3.10. The average molecular weight is 647 g/mol. The molecular formula is C32H30F8O5. The molecule has 0 aromatic heterocycles. The summed E-state index contributed by atoms with van der Waals surface area (Å²) in [5.41, 5.74) is -2.09. The molecule has 2 aliphatic heterocycles. The summed E-state index contributed by atoms with van der Waals surface area (Å²) in [4.78, 5) is 0. The Balaban J connectivity index is 1.18. The number of hydrogen-bond donors (Lipinski definition) is 0. The van der Waals surface area contributed by atoms with Crippen LogP contribution in [0.3, 0.4) is 0 Å². The third-order valence-electron chi connectivity index (χ3n) is 7.55. The molecule has 0 amide bonds. The van der Waals surface area contributed by atoms with E-state index in [0.29, 0.717) is 37.5 Å². The van der Waals surface area contributed by atoms with Crippen molar-refractivity contribution >= 4 is 0 Å². The van der Waals surface area contributed by atoms with Gasteiger partial charge >= 0.3 is 6.11 Å². The van der Waals surface area contributed by atoms with Crippen LogP contribution < -0.4 is 0 Å². The fraction of sp³-hybridized carbons (Fsp3) is 0.438. The molecule has 45 heavy (non-hydrogen) atoms. The standard InChI is InChI=1S/C32H30F8O5/c1-2-3-4-5-17-13-41-31(42-14-17)20-11-24(34)28(25(35)12-20)32(39,40)45-21-15-43-30(44-16-21)18-6-7-22(23(33)8-18)19-9-26(36)29(38)27(37)10-19/h6-12,17,21,30-31H,2-5,13-16H2,1H3. The Morgan fingerprint density at radius 3 is 1.82 bits per heavy atom. The van der Waals surface area contributed by atoms with Crippen LogP contribution in [0.15, 0.2) is 42.5 Å². The summed E-state index contributed by atoms with van der Waals surface area (Å²) in [5.74, 6) is -8.61. The van der Waals surface area contributed by atoms with Gasteiger partial charge in [-0.25, -0.2) is 26.3 Å². The predicted molar refractivity (Wildman–Crippen MR) is 144 cm³/mol. The van der Waals surface area contributed by atoms with Gasteiger partial charge in [0.25, 0.3) is 0 Å². The molecule has 0 spiro atoms. The number of halogens is 8. The van der Waals surface area contributed by atoms with E-state index < -0.39 is 78.5 Å². The van der Waals surface area contributed by atoms with Gasteiger partial charge in [0.2, 0.25) is 0 Å². The van der Waals surface area contributed by atoms with E-state index in [1.807, 2.05) is 0 Å². The maximum atomic E-state index is 15.0. The minimum Gasteiger partial charge on any atom is -0.348 e. The van der Waals surface area contributed by atoms with Crippen molar-refractivity contribution < 1.29 is 58.8 Å².